The molecule has 0 bridgehead atoms. The molecule has 3 aromatic heterocycles. The first kappa shape index (κ1) is 20.4. The van der Waals surface area contributed by atoms with Gasteiger partial charge in [0, 0.05) is 30.4 Å². The van der Waals surface area contributed by atoms with Crippen LogP contribution in [0.5, 0.6) is 5.75 Å². The molecule has 0 aromatic carbocycles. The summed E-state index contributed by atoms with van der Waals surface area (Å²) in [6.45, 7) is 3.25. The number of piperidine rings is 1. The van der Waals surface area contributed by atoms with Crippen molar-refractivity contribution in [1.82, 2.24) is 19.9 Å². The maximum absolute atomic E-state index is 10.8. The quantitative estimate of drug-likeness (QED) is 0.567. The minimum absolute atomic E-state index is 0.280. The lowest BCUT2D eigenvalue weighted by Crippen LogP contribution is -2.54. The van der Waals surface area contributed by atoms with Gasteiger partial charge in [0.1, 0.15) is 17.6 Å². The van der Waals surface area contributed by atoms with Crippen molar-refractivity contribution in [2.24, 2.45) is 0 Å². The summed E-state index contributed by atoms with van der Waals surface area (Å²) in [5, 5.41) is 35.2. The molecule has 1 fully saturated rings. The predicted octanol–water partition coefficient (Wildman–Crippen LogP) is 1.87. The fourth-order valence-electron chi connectivity index (χ4n) is 3.84. The van der Waals surface area contributed by atoms with E-state index in [0.29, 0.717) is 42.2 Å². The molecule has 0 aliphatic carbocycles. The molecular formula is C21H22N6O4. The largest absolute Gasteiger partial charge is 0.492 e. The van der Waals surface area contributed by atoms with Crippen LogP contribution in [0.15, 0.2) is 36.8 Å². The first-order valence-corrected chi connectivity index (χ1v) is 9.93. The highest BCUT2D eigenvalue weighted by atomic mass is 16.5. The zero-order valence-electron chi connectivity index (χ0n) is 16.9. The van der Waals surface area contributed by atoms with Gasteiger partial charge in [-0.1, -0.05) is 0 Å². The van der Waals surface area contributed by atoms with Gasteiger partial charge < -0.3 is 25.2 Å². The van der Waals surface area contributed by atoms with Crippen LogP contribution < -0.4 is 15.0 Å². The van der Waals surface area contributed by atoms with E-state index in [2.05, 4.69) is 21.5 Å². The third-order valence-electron chi connectivity index (χ3n) is 5.29. The van der Waals surface area contributed by atoms with E-state index >= 15 is 0 Å². The number of rotatable bonds is 5. The Morgan fingerprint density at radius 3 is 2.90 bits per heavy atom. The smallest absolute Gasteiger partial charge is 0.404 e. The number of hydrogen-bond donors (Lipinski definition) is 3. The third-order valence-corrected chi connectivity index (χ3v) is 5.29. The van der Waals surface area contributed by atoms with Gasteiger partial charge in [-0.3, -0.25) is 0 Å². The van der Waals surface area contributed by atoms with Crippen LogP contribution in [0.1, 0.15) is 18.9 Å². The molecule has 160 valence electrons. The molecule has 4 rings (SSSR count). The van der Waals surface area contributed by atoms with E-state index in [0.717, 1.165) is 11.1 Å². The van der Waals surface area contributed by atoms with E-state index in [1.54, 1.807) is 16.9 Å². The van der Waals surface area contributed by atoms with Crippen LogP contribution in [0.3, 0.4) is 0 Å². The number of ether oxygens (including phenoxy) is 1. The maximum Gasteiger partial charge on any atom is 0.404 e. The normalized spacial score (nSPS) is 18.5. The molecule has 31 heavy (non-hydrogen) atoms. The fourth-order valence-corrected chi connectivity index (χ4v) is 3.84. The number of nitriles is 1. The van der Waals surface area contributed by atoms with Gasteiger partial charge in [0.2, 0.25) is 0 Å². The van der Waals surface area contributed by atoms with Gasteiger partial charge in [0.05, 0.1) is 42.2 Å². The highest BCUT2D eigenvalue weighted by Crippen LogP contribution is 2.31. The third kappa shape index (κ3) is 4.08. The average molecular weight is 422 g/mol. The van der Waals surface area contributed by atoms with Crippen LogP contribution in [0.2, 0.25) is 0 Å². The number of carboxylic acid groups (broad SMARTS) is 1. The van der Waals surface area contributed by atoms with Gasteiger partial charge in [0.25, 0.3) is 0 Å². The zero-order chi connectivity index (χ0) is 22.0. The first-order chi connectivity index (χ1) is 15.0. The number of β-amino-alcohol motifs (C(OH)–C–C–N with tert-alkyl or cyclic N) is 1. The Bertz CT molecular complexity index is 1140. The van der Waals surface area contributed by atoms with Gasteiger partial charge >= 0.3 is 6.09 Å². The van der Waals surface area contributed by atoms with E-state index in [1.807, 2.05) is 30.0 Å². The second-order valence-electron chi connectivity index (χ2n) is 7.25. The molecular weight excluding hydrogens is 400 g/mol. The number of nitrogens with zero attached hydrogens (tertiary/aromatic N) is 5. The summed E-state index contributed by atoms with van der Waals surface area (Å²) in [6.07, 6.45) is 3.49. The van der Waals surface area contributed by atoms with Crippen molar-refractivity contribution in [2.45, 2.75) is 25.5 Å². The molecule has 3 aromatic rings. The van der Waals surface area contributed by atoms with Crippen molar-refractivity contribution < 1.29 is 19.7 Å². The Balaban J connectivity index is 1.62. The zero-order valence-corrected chi connectivity index (χ0v) is 16.9. The highest BCUT2D eigenvalue weighted by molar-refractivity contribution is 5.85. The number of carbonyl (C=O) groups is 1. The first-order valence-electron chi connectivity index (χ1n) is 9.93. The molecule has 1 aliphatic rings. The molecule has 1 amide bonds. The summed E-state index contributed by atoms with van der Waals surface area (Å²) in [5.41, 5.74) is 2.72. The average Bonchev–Trinajstić information content (AvgIpc) is 3.18. The van der Waals surface area contributed by atoms with E-state index in [9.17, 15) is 15.2 Å². The summed E-state index contributed by atoms with van der Waals surface area (Å²) < 4.78 is 7.27. The number of pyridine rings is 2. The Hall–Kier alpha value is -3.84. The molecule has 10 nitrogen and oxygen atoms in total. The minimum atomic E-state index is -1.14. The van der Waals surface area contributed by atoms with Crippen molar-refractivity contribution in [2.75, 3.05) is 24.6 Å². The van der Waals surface area contributed by atoms with Crippen molar-refractivity contribution >= 4 is 17.4 Å². The van der Waals surface area contributed by atoms with Crippen LogP contribution in [0.25, 0.3) is 16.6 Å². The van der Waals surface area contributed by atoms with E-state index in [-0.39, 0.29) is 6.54 Å². The molecule has 0 saturated carbocycles. The molecule has 10 heteroatoms. The monoisotopic (exact) mass is 422 g/mol. The molecule has 0 spiro atoms. The van der Waals surface area contributed by atoms with Crippen LogP contribution in [-0.2, 0) is 0 Å². The van der Waals surface area contributed by atoms with Gasteiger partial charge in [0.15, 0.2) is 0 Å². The Morgan fingerprint density at radius 2 is 2.26 bits per heavy atom. The summed E-state index contributed by atoms with van der Waals surface area (Å²) in [4.78, 5) is 17.3. The van der Waals surface area contributed by atoms with E-state index in [4.69, 9.17) is 9.84 Å². The van der Waals surface area contributed by atoms with Gasteiger partial charge in [-0.2, -0.15) is 10.4 Å². The lowest BCUT2D eigenvalue weighted by atomic mass is 10.0. The molecule has 0 unspecified atom stereocenters. The van der Waals surface area contributed by atoms with Crippen LogP contribution in [0.4, 0.5) is 10.6 Å². The number of amides is 1. The van der Waals surface area contributed by atoms with Gasteiger partial charge in [-0.15, -0.1) is 0 Å². The number of fused-ring (bicyclic) bond motifs is 1. The molecule has 0 radical (unpaired) electrons. The number of hydrogen-bond acceptors (Lipinski definition) is 7. The lowest BCUT2D eigenvalue weighted by molar-refractivity contribution is 0.108. The number of aliphatic hydroxyl groups is 1. The molecule has 1 saturated heterocycles. The summed E-state index contributed by atoms with van der Waals surface area (Å²) >= 11 is 0. The van der Waals surface area contributed by atoms with Crippen molar-refractivity contribution in [3.05, 3.63) is 42.4 Å². The number of nitrogens with one attached hydrogen (secondary N) is 1. The second kappa shape index (κ2) is 8.49. The van der Waals surface area contributed by atoms with E-state index in [1.165, 1.54) is 6.20 Å². The van der Waals surface area contributed by atoms with E-state index < -0.39 is 18.2 Å². The van der Waals surface area contributed by atoms with Crippen LogP contribution in [-0.4, -0.2) is 62.7 Å². The predicted molar refractivity (Wildman–Crippen MR) is 112 cm³/mol. The summed E-state index contributed by atoms with van der Waals surface area (Å²) in [7, 11) is 0. The number of anilines is 1. The highest BCUT2D eigenvalue weighted by Gasteiger charge is 2.29. The van der Waals surface area contributed by atoms with Crippen LogP contribution in [0, 0.1) is 11.3 Å². The molecule has 1 aliphatic heterocycles. The van der Waals surface area contributed by atoms with Crippen LogP contribution >= 0.6 is 0 Å². The SMILES string of the molecule is CCOc1cc(-c2ccc(N3CC[C@H](NC(=O)O)[C@H](O)C3)nc2)c2c(C#N)cnn2c1. The maximum atomic E-state index is 10.8. The summed E-state index contributed by atoms with van der Waals surface area (Å²) in [5.74, 6) is 1.32. The van der Waals surface area contributed by atoms with Crippen molar-refractivity contribution in [1.29, 1.82) is 5.26 Å². The Kier molecular flexibility index (Phi) is 5.60. The molecule has 4 heterocycles. The Morgan fingerprint density at radius 1 is 1.42 bits per heavy atom. The van der Waals surface area contributed by atoms with Crippen molar-refractivity contribution in [3.63, 3.8) is 0 Å². The van der Waals surface area contributed by atoms with Gasteiger partial charge in [-0.05, 0) is 31.5 Å². The standard InChI is InChI=1S/C21H22N6O4/c1-2-31-15-7-16(20-14(8-22)10-24-27(20)11-15)13-3-4-19(23-9-13)26-6-5-17(18(28)12-26)25-21(29)30/h3-4,7,9-11,17-18,25,28H,2,5-6,12H2,1H3,(H,29,30)/t17-,18+/m0/s1. The number of aromatic nitrogens is 3. The lowest BCUT2D eigenvalue weighted by Gasteiger charge is -2.36. The Labute approximate surface area is 178 Å². The van der Waals surface area contributed by atoms with Gasteiger partial charge in [-0.25, -0.2) is 14.3 Å². The molecule has 2 atom stereocenters. The topological polar surface area (TPSA) is 136 Å². The second-order valence-corrected chi connectivity index (χ2v) is 7.25. The molecule has 3 N–H and O–H groups in total. The van der Waals surface area contributed by atoms with Crippen molar-refractivity contribution in [3.8, 4) is 22.9 Å². The fraction of sp³-hybridized carbons (Fsp3) is 0.333. The summed E-state index contributed by atoms with van der Waals surface area (Å²) in [6, 6.07) is 7.29. The number of aliphatic hydroxyl groups excluding tert-OH is 1. The minimum Gasteiger partial charge on any atom is -0.492 e.